The van der Waals surface area contributed by atoms with Crippen LogP contribution in [0.1, 0.15) is 16.7 Å². The summed E-state index contributed by atoms with van der Waals surface area (Å²) in [6, 6.07) is 5.50. The zero-order valence-electron chi connectivity index (χ0n) is 9.19. The Bertz CT molecular complexity index is 688. The van der Waals surface area contributed by atoms with Crippen molar-refractivity contribution in [2.45, 2.75) is 6.92 Å². The average Bonchev–Trinajstić information content (AvgIpc) is 2.72. The number of nitrogens with zero attached hydrogens (tertiary/aromatic N) is 3. The average molecular weight is 265 g/mol. The molecule has 18 heavy (non-hydrogen) atoms. The Kier molecular flexibility index (Phi) is 3.02. The molecular formula is C10H7N3O4S. The van der Waals surface area contributed by atoms with E-state index in [4.69, 9.17) is 0 Å². The summed E-state index contributed by atoms with van der Waals surface area (Å²) < 4.78 is 0.981. The van der Waals surface area contributed by atoms with Gasteiger partial charge in [-0.1, -0.05) is 6.07 Å². The number of nitro benzene ring substituents is 1. The minimum Gasteiger partial charge on any atom is -0.292 e. The van der Waals surface area contributed by atoms with Crippen LogP contribution in [0.25, 0.3) is 5.69 Å². The van der Waals surface area contributed by atoms with E-state index < -0.39 is 9.80 Å². The molecule has 0 bridgehead atoms. The SMILES string of the molecule is CC(=O)c1nn(-c2cccc([N+](=O)[O-])c2)c(=O)s1. The number of hydrogen-bond acceptors (Lipinski definition) is 6. The van der Waals surface area contributed by atoms with Gasteiger partial charge in [-0.3, -0.25) is 19.7 Å². The molecule has 1 heterocycles. The van der Waals surface area contributed by atoms with Gasteiger partial charge in [0.2, 0.25) is 0 Å². The molecule has 0 unspecified atom stereocenters. The fourth-order valence-corrected chi connectivity index (χ4v) is 1.99. The minimum absolute atomic E-state index is 0.0755. The first kappa shape index (κ1) is 12.1. The quantitative estimate of drug-likeness (QED) is 0.475. The van der Waals surface area contributed by atoms with Crippen molar-refractivity contribution in [3.8, 4) is 5.69 Å². The molecule has 0 aliphatic carbocycles. The Hall–Kier alpha value is -2.35. The molecule has 1 aromatic carbocycles. The number of hydrogen-bond donors (Lipinski definition) is 0. The second-order valence-electron chi connectivity index (χ2n) is 3.42. The van der Waals surface area contributed by atoms with Crippen LogP contribution in [-0.4, -0.2) is 20.5 Å². The third-order valence-corrected chi connectivity index (χ3v) is 3.04. The Morgan fingerprint density at radius 3 is 2.78 bits per heavy atom. The van der Waals surface area contributed by atoms with E-state index in [-0.39, 0.29) is 22.2 Å². The van der Waals surface area contributed by atoms with Crippen molar-refractivity contribution in [3.05, 3.63) is 49.1 Å². The lowest BCUT2D eigenvalue weighted by Gasteiger charge is -1.98. The van der Waals surface area contributed by atoms with E-state index in [0.29, 0.717) is 11.3 Å². The molecule has 2 rings (SSSR count). The molecule has 92 valence electrons. The maximum Gasteiger partial charge on any atom is 0.330 e. The molecule has 0 amide bonds. The number of nitro groups is 1. The lowest BCUT2D eigenvalue weighted by molar-refractivity contribution is -0.384. The maximum absolute atomic E-state index is 11.6. The summed E-state index contributed by atoms with van der Waals surface area (Å²) in [5, 5.41) is 14.5. The molecule has 2 aromatic rings. The number of ketones is 1. The number of aromatic nitrogens is 2. The van der Waals surface area contributed by atoms with Crippen LogP contribution >= 0.6 is 11.3 Å². The van der Waals surface area contributed by atoms with Gasteiger partial charge in [-0.2, -0.15) is 4.68 Å². The Morgan fingerprint density at radius 1 is 1.50 bits per heavy atom. The Labute approximate surface area is 104 Å². The predicted octanol–water partition coefficient (Wildman–Crippen LogP) is 1.40. The van der Waals surface area contributed by atoms with Gasteiger partial charge in [0.15, 0.2) is 10.8 Å². The summed E-state index contributed by atoms with van der Waals surface area (Å²) in [7, 11) is 0. The highest BCUT2D eigenvalue weighted by Crippen LogP contribution is 2.15. The molecule has 0 aliphatic heterocycles. The number of carbonyl (C=O) groups is 1. The zero-order valence-corrected chi connectivity index (χ0v) is 10.0. The summed E-state index contributed by atoms with van der Waals surface area (Å²) in [4.78, 5) is 32.3. The summed E-state index contributed by atoms with van der Waals surface area (Å²) >= 11 is 0.708. The molecule has 0 saturated carbocycles. The van der Waals surface area contributed by atoms with Crippen molar-refractivity contribution >= 4 is 22.8 Å². The number of carbonyl (C=O) groups excluding carboxylic acids is 1. The fourth-order valence-electron chi connectivity index (χ4n) is 1.32. The van der Waals surface area contributed by atoms with Crippen LogP contribution in [0.15, 0.2) is 29.1 Å². The van der Waals surface area contributed by atoms with Gasteiger partial charge in [0.05, 0.1) is 10.6 Å². The van der Waals surface area contributed by atoms with E-state index in [2.05, 4.69) is 5.10 Å². The lowest BCUT2D eigenvalue weighted by Crippen LogP contribution is -2.12. The first-order valence-corrected chi connectivity index (χ1v) is 5.66. The van der Waals surface area contributed by atoms with Gasteiger partial charge in [-0.05, 0) is 17.4 Å². The molecule has 0 aliphatic rings. The highest BCUT2D eigenvalue weighted by atomic mass is 32.1. The van der Waals surface area contributed by atoms with Crippen LogP contribution in [0.3, 0.4) is 0 Å². The highest BCUT2D eigenvalue weighted by molar-refractivity contribution is 7.11. The number of benzene rings is 1. The van der Waals surface area contributed by atoms with Crippen LogP contribution in [0, 0.1) is 10.1 Å². The smallest absolute Gasteiger partial charge is 0.292 e. The first-order chi connectivity index (χ1) is 8.49. The summed E-state index contributed by atoms with van der Waals surface area (Å²) in [6.45, 7) is 1.30. The van der Waals surface area contributed by atoms with E-state index >= 15 is 0 Å². The molecule has 0 saturated heterocycles. The Morgan fingerprint density at radius 2 is 2.22 bits per heavy atom. The number of rotatable bonds is 3. The largest absolute Gasteiger partial charge is 0.330 e. The highest BCUT2D eigenvalue weighted by Gasteiger charge is 2.13. The van der Waals surface area contributed by atoms with Crippen LogP contribution in [0.2, 0.25) is 0 Å². The molecule has 0 N–H and O–H groups in total. The van der Waals surface area contributed by atoms with Crippen molar-refractivity contribution in [3.63, 3.8) is 0 Å². The third kappa shape index (κ3) is 2.18. The van der Waals surface area contributed by atoms with Crippen LogP contribution in [0.4, 0.5) is 5.69 Å². The molecule has 0 radical (unpaired) electrons. The van der Waals surface area contributed by atoms with Crippen molar-refractivity contribution in [2.24, 2.45) is 0 Å². The van der Waals surface area contributed by atoms with E-state index in [9.17, 15) is 19.7 Å². The van der Waals surface area contributed by atoms with Crippen LogP contribution < -0.4 is 4.87 Å². The second kappa shape index (κ2) is 4.49. The minimum atomic E-state index is -0.563. The summed E-state index contributed by atoms with van der Waals surface area (Å²) in [5.74, 6) is -0.318. The van der Waals surface area contributed by atoms with E-state index in [1.54, 1.807) is 0 Å². The first-order valence-electron chi connectivity index (χ1n) is 4.85. The standard InChI is InChI=1S/C10H7N3O4S/c1-6(14)9-11-12(10(15)18-9)7-3-2-4-8(5-7)13(16)17/h2-5H,1H3. The predicted molar refractivity (Wildman–Crippen MR) is 64.4 cm³/mol. The van der Waals surface area contributed by atoms with Crippen LogP contribution in [0.5, 0.6) is 0 Å². The van der Waals surface area contributed by atoms with Gasteiger partial charge in [-0.15, -0.1) is 5.10 Å². The molecule has 0 fully saturated rings. The molecule has 0 atom stereocenters. The van der Waals surface area contributed by atoms with Crippen molar-refractivity contribution in [2.75, 3.05) is 0 Å². The third-order valence-electron chi connectivity index (χ3n) is 2.13. The number of Topliss-reactive ketones (excluding diaryl/α,β-unsaturated/α-hetero) is 1. The van der Waals surface area contributed by atoms with Gasteiger partial charge in [0.1, 0.15) is 0 Å². The van der Waals surface area contributed by atoms with Gasteiger partial charge in [0.25, 0.3) is 5.69 Å². The number of non-ortho nitro benzene ring substituents is 1. The second-order valence-corrected chi connectivity index (χ2v) is 4.36. The topological polar surface area (TPSA) is 95.1 Å². The normalized spacial score (nSPS) is 10.3. The van der Waals surface area contributed by atoms with Gasteiger partial charge in [0, 0.05) is 19.1 Å². The van der Waals surface area contributed by atoms with E-state index in [1.807, 2.05) is 0 Å². The molecular weight excluding hydrogens is 258 g/mol. The van der Waals surface area contributed by atoms with Crippen molar-refractivity contribution in [1.29, 1.82) is 0 Å². The van der Waals surface area contributed by atoms with Crippen molar-refractivity contribution < 1.29 is 9.72 Å². The van der Waals surface area contributed by atoms with Crippen molar-refractivity contribution in [1.82, 2.24) is 9.78 Å². The van der Waals surface area contributed by atoms with Gasteiger partial charge >= 0.3 is 4.87 Å². The zero-order chi connectivity index (χ0) is 13.3. The Balaban J connectivity index is 2.55. The van der Waals surface area contributed by atoms with E-state index in [0.717, 1.165) is 4.68 Å². The van der Waals surface area contributed by atoms with Gasteiger partial charge in [-0.25, -0.2) is 0 Å². The van der Waals surface area contributed by atoms with Gasteiger partial charge < -0.3 is 0 Å². The molecule has 1 aromatic heterocycles. The van der Waals surface area contributed by atoms with E-state index in [1.165, 1.54) is 31.2 Å². The fraction of sp³-hybridized carbons (Fsp3) is 0.100. The molecule has 8 heteroatoms. The summed E-state index contributed by atoms with van der Waals surface area (Å²) in [6.07, 6.45) is 0. The molecule has 7 nitrogen and oxygen atoms in total. The maximum atomic E-state index is 11.6. The monoisotopic (exact) mass is 265 g/mol. The lowest BCUT2D eigenvalue weighted by atomic mass is 10.3. The molecule has 0 spiro atoms. The van der Waals surface area contributed by atoms with Crippen LogP contribution in [-0.2, 0) is 0 Å². The summed E-state index contributed by atoms with van der Waals surface area (Å²) in [5.41, 5.74) is 0.120.